The van der Waals surface area contributed by atoms with Crippen LogP contribution < -0.4 is 16.0 Å². The summed E-state index contributed by atoms with van der Waals surface area (Å²) in [7, 11) is 1.96. The number of likely N-dealkylation sites (N-methyl/N-ethyl adjacent to an activating group) is 1. The SMILES string of the molecule is CNC1CN(c2nc(N)nc3c(C4CCC4)c(Cl)oc23)C1. The van der Waals surface area contributed by atoms with Crippen LogP contribution in [0.5, 0.6) is 0 Å². The van der Waals surface area contributed by atoms with Crippen molar-refractivity contribution in [3.8, 4) is 0 Å². The summed E-state index contributed by atoms with van der Waals surface area (Å²) in [5.74, 6) is 1.49. The number of hydrogen-bond acceptors (Lipinski definition) is 6. The molecule has 0 aromatic carbocycles. The zero-order valence-electron chi connectivity index (χ0n) is 11.9. The number of fused-ring (bicyclic) bond motifs is 1. The van der Waals surface area contributed by atoms with Gasteiger partial charge in [0.1, 0.15) is 5.52 Å². The summed E-state index contributed by atoms with van der Waals surface area (Å²) in [5, 5.41) is 3.69. The molecule has 1 saturated carbocycles. The van der Waals surface area contributed by atoms with Crippen LogP contribution in [0.3, 0.4) is 0 Å². The van der Waals surface area contributed by atoms with E-state index in [9.17, 15) is 0 Å². The summed E-state index contributed by atoms with van der Waals surface area (Å²) in [6.07, 6.45) is 3.51. The van der Waals surface area contributed by atoms with Gasteiger partial charge in [0.05, 0.1) is 0 Å². The molecule has 3 heterocycles. The maximum atomic E-state index is 6.32. The summed E-state index contributed by atoms with van der Waals surface area (Å²) >= 11 is 6.32. The number of nitrogens with zero attached hydrogens (tertiary/aromatic N) is 3. The van der Waals surface area contributed by atoms with Crippen LogP contribution in [-0.4, -0.2) is 36.1 Å². The van der Waals surface area contributed by atoms with Crippen molar-refractivity contribution in [2.24, 2.45) is 0 Å². The Kier molecular flexibility index (Phi) is 2.97. The topological polar surface area (TPSA) is 80.2 Å². The summed E-state index contributed by atoms with van der Waals surface area (Å²) < 4.78 is 5.79. The zero-order chi connectivity index (χ0) is 14.6. The van der Waals surface area contributed by atoms with Crippen molar-refractivity contribution in [1.29, 1.82) is 0 Å². The van der Waals surface area contributed by atoms with Gasteiger partial charge in [0.25, 0.3) is 0 Å². The number of nitrogens with one attached hydrogen (secondary N) is 1. The normalized spacial score (nSPS) is 19.8. The van der Waals surface area contributed by atoms with Crippen LogP contribution in [0.4, 0.5) is 11.8 Å². The Labute approximate surface area is 127 Å². The molecule has 7 heteroatoms. The zero-order valence-corrected chi connectivity index (χ0v) is 12.7. The van der Waals surface area contributed by atoms with E-state index >= 15 is 0 Å². The van der Waals surface area contributed by atoms with Gasteiger partial charge in [0.2, 0.25) is 5.95 Å². The molecule has 1 aliphatic carbocycles. The molecule has 0 radical (unpaired) electrons. The number of furan rings is 1. The quantitative estimate of drug-likeness (QED) is 0.904. The molecule has 0 atom stereocenters. The van der Waals surface area contributed by atoms with Crippen LogP contribution in [0, 0.1) is 0 Å². The third kappa shape index (κ3) is 1.97. The fourth-order valence-electron chi connectivity index (χ4n) is 3.07. The standard InChI is InChI=1S/C14H18ClN5O/c1-17-8-5-20(6-8)13-11-10(18-14(16)19-13)9(12(15)21-11)7-3-2-4-7/h7-8,17H,2-6H2,1H3,(H2,16,18,19). The van der Waals surface area contributed by atoms with E-state index in [1.807, 2.05) is 7.05 Å². The van der Waals surface area contributed by atoms with Crippen LogP contribution >= 0.6 is 11.6 Å². The van der Waals surface area contributed by atoms with E-state index < -0.39 is 0 Å². The van der Waals surface area contributed by atoms with Crippen molar-refractivity contribution < 1.29 is 4.42 Å². The first-order chi connectivity index (χ1) is 10.2. The first-order valence-corrected chi connectivity index (χ1v) is 7.72. The van der Waals surface area contributed by atoms with Crippen LogP contribution in [0.2, 0.25) is 5.22 Å². The lowest BCUT2D eigenvalue weighted by molar-refractivity contribution is 0.417. The van der Waals surface area contributed by atoms with Gasteiger partial charge in [-0.3, -0.25) is 0 Å². The highest BCUT2D eigenvalue weighted by atomic mass is 35.5. The van der Waals surface area contributed by atoms with Crippen molar-refractivity contribution in [3.63, 3.8) is 0 Å². The number of halogens is 1. The molecule has 0 bridgehead atoms. The number of nitrogen functional groups attached to an aromatic ring is 1. The Morgan fingerprint density at radius 2 is 2.10 bits per heavy atom. The Morgan fingerprint density at radius 3 is 2.71 bits per heavy atom. The maximum Gasteiger partial charge on any atom is 0.222 e. The van der Waals surface area contributed by atoms with Gasteiger partial charge in [-0.25, -0.2) is 4.98 Å². The highest BCUT2D eigenvalue weighted by molar-refractivity contribution is 6.31. The maximum absolute atomic E-state index is 6.32. The molecule has 0 unspecified atom stereocenters. The minimum Gasteiger partial charge on any atom is -0.439 e. The van der Waals surface area contributed by atoms with E-state index in [2.05, 4.69) is 20.2 Å². The molecule has 1 saturated heterocycles. The average Bonchev–Trinajstić information content (AvgIpc) is 2.64. The van der Waals surface area contributed by atoms with Crippen molar-refractivity contribution in [3.05, 3.63) is 10.8 Å². The van der Waals surface area contributed by atoms with Gasteiger partial charge >= 0.3 is 0 Å². The molecule has 2 fully saturated rings. The van der Waals surface area contributed by atoms with Crippen molar-refractivity contribution in [1.82, 2.24) is 15.3 Å². The van der Waals surface area contributed by atoms with E-state index in [0.717, 1.165) is 42.8 Å². The molecule has 0 spiro atoms. The van der Waals surface area contributed by atoms with E-state index in [4.69, 9.17) is 21.8 Å². The fraction of sp³-hybridized carbons (Fsp3) is 0.571. The van der Waals surface area contributed by atoms with E-state index in [1.165, 1.54) is 6.42 Å². The largest absolute Gasteiger partial charge is 0.439 e. The average molecular weight is 308 g/mol. The molecule has 4 rings (SSSR count). The van der Waals surface area contributed by atoms with Gasteiger partial charge in [-0.1, -0.05) is 6.42 Å². The predicted octanol–water partition coefficient (Wildman–Crippen LogP) is 2.13. The molecule has 1 aliphatic heterocycles. The first-order valence-electron chi connectivity index (χ1n) is 7.35. The second-order valence-electron chi connectivity index (χ2n) is 5.89. The van der Waals surface area contributed by atoms with Crippen LogP contribution in [0.25, 0.3) is 11.1 Å². The Bertz CT molecular complexity index is 690. The second-order valence-corrected chi connectivity index (χ2v) is 6.23. The molecule has 21 heavy (non-hydrogen) atoms. The number of nitrogens with two attached hydrogens (primary N) is 1. The molecule has 2 aromatic rings. The molecule has 6 nitrogen and oxygen atoms in total. The minimum absolute atomic E-state index is 0.281. The Morgan fingerprint density at radius 1 is 1.33 bits per heavy atom. The third-order valence-electron chi connectivity index (χ3n) is 4.63. The van der Waals surface area contributed by atoms with Crippen LogP contribution in [0.15, 0.2) is 4.42 Å². The van der Waals surface area contributed by atoms with Gasteiger partial charge in [0.15, 0.2) is 16.6 Å². The lowest BCUT2D eigenvalue weighted by Gasteiger charge is -2.39. The summed E-state index contributed by atoms with van der Waals surface area (Å²) in [5.41, 5.74) is 8.37. The molecular formula is C14H18ClN5O. The number of anilines is 2. The highest BCUT2D eigenvalue weighted by Crippen LogP contribution is 2.46. The molecule has 3 N–H and O–H groups in total. The van der Waals surface area contributed by atoms with Crippen molar-refractivity contribution >= 4 is 34.5 Å². The van der Waals surface area contributed by atoms with Crippen molar-refractivity contribution in [2.75, 3.05) is 30.8 Å². The van der Waals surface area contributed by atoms with Gasteiger partial charge < -0.3 is 20.4 Å². The predicted molar refractivity (Wildman–Crippen MR) is 82.9 cm³/mol. The van der Waals surface area contributed by atoms with E-state index in [1.54, 1.807) is 0 Å². The van der Waals surface area contributed by atoms with Crippen molar-refractivity contribution in [2.45, 2.75) is 31.2 Å². The number of aromatic nitrogens is 2. The van der Waals surface area contributed by atoms with Gasteiger partial charge in [-0.2, -0.15) is 4.98 Å². The smallest absolute Gasteiger partial charge is 0.222 e. The highest BCUT2D eigenvalue weighted by Gasteiger charge is 2.33. The lowest BCUT2D eigenvalue weighted by Crippen LogP contribution is -2.57. The van der Waals surface area contributed by atoms with Crippen LogP contribution in [0.1, 0.15) is 30.7 Å². The fourth-order valence-corrected chi connectivity index (χ4v) is 3.39. The summed E-state index contributed by atoms with van der Waals surface area (Å²) in [4.78, 5) is 10.9. The first kappa shape index (κ1) is 13.2. The molecule has 0 amide bonds. The third-order valence-corrected chi connectivity index (χ3v) is 4.91. The summed E-state index contributed by atoms with van der Waals surface area (Å²) in [6.45, 7) is 1.78. The van der Waals surface area contributed by atoms with Crippen LogP contribution in [-0.2, 0) is 0 Å². The Hall–Kier alpha value is -1.53. The van der Waals surface area contributed by atoms with E-state index in [0.29, 0.717) is 22.8 Å². The number of rotatable bonds is 3. The van der Waals surface area contributed by atoms with E-state index in [-0.39, 0.29) is 5.95 Å². The monoisotopic (exact) mass is 307 g/mol. The lowest BCUT2D eigenvalue weighted by atomic mass is 9.81. The summed E-state index contributed by atoms with van der Waals surface area (Å²) in [6, 6.07) is 0.479. The molecular weight excluding hydrogens is 290 g/mol. The minimum atomic E-state index is 0.281. The van der Waals surface area contributed by atoms with Gasteiger partial charge in [0, 0.05) is 24.7 Å². The molecule has 112 valence electrons. The molecule has 2 aliphatic rings. The Balaban J connectivity index is 1.80. The second kappa shape index (κ2) is 4.74. The van der Waals surface area contributed by atoms with Gasteiger partial charge in [-0.15, -0.1) is 0 Å². The van der Waals surface area contributed by atoms with Gasteiger partial charge in [-0.05, 0) is 37.4 Å². The molecule has 2 aromatic heterocycles. The number of hydrogen-bond donors (Lipinski definition) is 2.